The first-order chi connectivity index (χ1) is 9.83. The molecule has 3 heteroatoms. The summed E-state index contributed by atoms with van der Waals surface area (Å²) in [5, 5.41) is 21.6. The molecule has 0 aliphatic heterocycles. The van der Waals surface area contributed by atoms with Crippen molar-refractivity contribution < 1.29 is 5.11 Å². The van der Waals surface area contributed by atoms with Crippen LogP contribution in [0.5, 0.6) is 0 Å². The molecule has 0 aliphatic carbocycles. The molecule has 0 aromatic heterocycles. The molecule has 0 radical (unpaired) electrons. The maximum Gasteiger partial charge on any atom is 0.133 e. The summed E-state index contributed by atoms with van der Waals surface area (Å²) in [6.45, 7) is -0.0519. The van der Waals surface area contributed by atoms with Crippen LogP contribution in [0.4, 0.5) is 5.69 Å². The predicted octanol–water partition coefficient (Wildman–Crippen LogP) is 3.20. The van der Waals surface area contributed by atoms with Crippen LogP contribution in [-0.2, 0) is 6.61 Å². The van der Waals surface area contributed by atoms with Crippen molar-refractivity contribution in [1.29, 1.82) is 5.26 Å². The van der Waals surface area contributed by atoms with Crippen molar-refractivity contribution in [1.82, 2.24) is 0 Å². The molecule has 2 aromatic rings. The number of nitrogens with one attached hydrogen (secondary N) is 1. The largest absolute Gasteiger partial charge is 0.392 e. The minimum Gasteiger partial charge on any atom is -0.392 e. The molecule has 2 rings (SSSR count). The molecule has 2 aromatic carbocycles. The number of anilines is 1. The summed E-state index contributed by atoms with van der Waals surface area (Å²) in [6.07, 6.45) is 3.71. The standard InChI is InChI=1S/C17H16N2O/c18-12-16(11-10-14-6-2-1-3-7-14)19-17-9-5-4-8-15(17)13-20/h1-11,16,19-20H,13H2/b11-10+/t16-/m1/s1. The van der Waals surface area contributed by atoms with Gasteiger partial charge in [-0.3, -0.25) is 0 Å². The molecule has 0 bridgehead atoms. The first kappa shape index (κ1) is 13.9. The Bertz CT molecular complexity index is 614. The highest BCUT2D eigenvalue weighted by atomic mass is 16.3. The van der Waals surface area contributed by atoms with Gasteiger partial charge in [-0.15, -0.1) is 0 Å². The van der Waals surface area contributed by atoms with Crippen molar-refractivity contribution in [2.45, 2.75) is 12.6 Å². The van der Waals surface area contributed by atoms with E-state index in [4.69, 9.17) is 0 Å². The second kappa shape index (κ2) is 7.13. The van der Waals surface area contributed by atoms with E-state index < -0.39 is 6.04 Å². The van der Waals surface area contributed by atoms with E-state index in [0.29, 0.717) is 0 Å². The average Bonchev–Trinajstić information content (AvgIpc) is 2.52. The van der Waals surface area contributed by atoms with E-state index in [0.717, 1.165) is 16.8 Å². The lowest BCUT2D eigenvalue weighted by Crippen LogP contribution is -2.15. The summed E-state index contributed by atoms with van der Waals surface area (Å²) in [5.41, 5.74) is 2.60. The monoisotopic (exact) mass is 264 g/mol. The van der Waals surface area contributed by atoms with Crippen molar-refractivity contribution in [3.8, 4) is 6.07 Å². The van der Waals surface area contributed by atoms with Gasteiger partial charge in [0.15, 0.2) is 0 Å². The number of nitrogens with zero attached hydrogens (tertiary/aromatic N) is 1. The lowest BCUT2D eigenvalue weighted by Gasteiger charge is -2.12. The molecule has 2 N–H and O–H groups in total. The predicted molar refractivity (Wildman–Crippen MR) is 80.9 cm³/mol. The summed E-state index contributed by atoms with van der Waals surface area (Å²) >= 11 is 0. The Labute approximate surface area is 118 Å². The Hall–Kier alpha value is -2.57. The van der Waals surface area contributed by atoms with Crippen LogP contribution >= 0.6 is 0 Å². The second-order valence-electron chi connectivity index (χ2n) is 4.34. The van der Waals surface area contributed by atoms with Crippen molar-refractivity contribution in [2.75, 3.05) is 5.32 Å². The zero-order valence-corrected chi connectivity index (χ0v) is 11.0. The molecule has 0 heterocycles. The molecule has 0 spiro atoms. The fraction of sp³-hybridized carbons (Fsp3) is 0.118. The number of aliphatic hydroxyl groups excluding tert-OH is 1. The zero-order valence-electron chi connectivity index (χ0n) is 11.0. The van der Waals surface area contributed by atoms with Crippen LogP contribution < -0.4 is 5.32 Å². The highest BCUT2D eigenvalue weighted by Crippen LogP contribution is 2.16. The summed E-state index contributed by atoms with van der Waals surface area (Å²) < 4.78 is 0. The van der Waals surface area contributed by atoms with Crippen LogP contribution in [0.3, 0.4) is 0 Å². The van der Waals surface area contributed by atoms with Gasteiger partial charge in [0, 0.05) is 11.3 Å². The van der Waals surface area contributed by atoms with Gasteiger partial charge < -0.3 is 10.4 Å². The fourth-order valence-electron chi connectivity index (χ4n) is 1.86. The Morgan fingerprint density at radius 3 is 2.50 bits per heavy atom. The number of nitriles is 1. The van der Waals surface area contributed by atoms with E-state index >= 15 is 0 Å². The van der Waals surface area contributed by atoms with E-state index in [1.165, 1.54) is 0 Å². The number of para-hydroxylation sites is 1. The molecule has 20 heavy (non-hydrogen) atoms. The van der Waals surface area contributed by atoms with Crippen LogP contribution in [0.15, 0.2) is 60.7 Å². The number of hydrogen-bond donors (Lipinski definition) is 2. The molecular weight excluding hydrogens is 248 g/mol. The van der Waals surface area contributed by atoms with Crippen LogP contribution in [0.1, 0.15) is 11.1 Å². The van der Waals surface area contributed by atoms with Crippen molar-refractivity contribution in [3.05, 3.63) is 71.8 Å². The molecular formula is C17H16N2O. The third kappa shape index (κ3) is 3.71. The average molecular weight is 264 g/mol. The van der Waals surface area contributed by atoms with Crippen LogP contribution in [-0.4, -0.2) is 11.1 Å². The maximum atomic E-state index is 9.27. The Kier molecular flexibility index (Phi) is 4.94. The first-order valence-corrected chi connectivity index (χ1v) is 6.41. The van der Waals surface area contributed by atoms with Gasteiger partial charge in [0.1, 0.15) is 6.04 Å². The summed E-state index contributed by atoms with van der Waals surface area (Å²) in [4.78, 5) is 0. The summed E-state index contributed by atoms with van der Waals surface area (Å²) in [5.74, 6) is 0. The van der Waals surface area contributed by atoms with Gasteiger partial charge in [0.05, 0.1) is 12.7 Å². The highest BCUT2D eigenvalue weighted by Gasteiger charge is 2.05. The van der Waals surface area contributed by atoms with Gasteiger partial charge in [-0.2, -0.15) is 5.26 Å². The Morgan fingerprint density at radius 2 is 1.80 bits per heavy atom. The number of hydrogen-bond acceptors (Lipinski definition) is 3. The quantitative estimate of drug-likeness (QED) is 0.872. The maximum absolute atomic E-state index is 9.27. The van der Waals surface area contributed by atoms with E-state index in [2.05, 4.69) is 11.4 Å². The van der Waals surface area contributed by atoms with E-state index in [1.54, 1.807) is 0 Å². The minimum absolute atomic E-state index is 0.0519. The van der Waals surface area contributed by atoms with Crippen LogP contribution in [0.25, 0.3) is 6.08 Å². The van der Waals surface area contributed by atoms with Crippen molar-refractivity contribution >= 4 is 11.8 Å². The van der Waals surface area contributed by atoms with Gasteiger partial charge in [-0.1, -0.05) is 54.6 Å². The minimum atomic E-state index is -0.442. The molecule has 0 aliphatic rings. The molecule has 1 atom stereocenters. The number of aliphatic hydroxyl groups is 1. The van der Waals surface area contributed by atoms with Gasteiger partial charge in [-0.05, 0) is 17.7 Å². The SMILES string of the molecule is N#C[C@@H](/C=C/c1ccccc1)Nc1ccccc1CO. The van der Waals surface area contributed by atoms with E-state index in [9.17, 15) is 10.4 Å². The Balaban J connectivity index is 2.10. The van der Waals surface area contributed by atoms with Crippen LogP contribution in [0.2, 0.25) is 0 Å². The Morgan fingerprint density at radius 1 is 1.10 bits per heavy atom. The lowest BCUT2D eigenvalue weighted by atomic mass is 10.1. The molecule has 0 saturated carbocycles. The molecule has 0 amide bonds. The molecule has 0 saturated heterocycles. The molecule has 3 nitrogen and oxygen atoms in total. The number of rotatable bonds is 5. The third-order valence-corrected chi connectivity index (χ3v) is 2.92. The van der Waals surface area contributed by atoms with Gasteiger partial charge in [-0.25, -0.2) is 0 Å². The van der Waals surface area contributed by atoms with Gasteiger partial charge >= 0.3 is 0 Å². The van der Waals surface area contributed by atoms with Crippen LogP contribution in [0, 0.1) is 11.3 Å². The molecule has 0 unspecified atom stereocenters. The zero-order chi connectivity index (χ0) is 14.2. The van der Waals surface area contributed by atoms with Gasteiger partial charge in [0.2, 0.25) is 0 Å². The third-order valence-electron chi connectivity index (χ3n) is 2.92. The summed E-state index contributed by atoms with van der Waals surface area (Å²) in [6, 6.07) is 19.0. The fourth-order valence-corrected chi connectivity index (χ4v) is 1.86. The normalized spacial score (nSPS) is 12.0. The van der Waals surface area contributed by atoms with Crippen molar-refractivity contribution in [2.24, 2.45) is 0 Å². The topological polar surface area (TPSA) is 56.0 Å². The lowest BCUT2D eigenvalue weighted by molar-refractivity contribution is 0.282. The van der Waals surface area contributed by atoms with Gasteiger partial charge in [0.25, 0.3) is 0 Å². The second-order valence-corrected chi connectivity index (χ2v) is 4.34. The molecule has 0 fully saturated rings. The highest BCUT2D eigenvalue weighted by molar-refractivity contribution is 5.56. The summed E-state index contributed by atoms with van der Waals surface area (Å²) in [7, 11) is 0. The molecule has 100 valence electrons. The smallest absolute Gasteiger partial charge is 0.133 e. The first-order valence-electron chi connectivity index (χ1n) is 6.41. The van der Waals surface area contributed by atoms with E-state index in [-0.39, 0.29) is 6.61 Å². The number of benzene rings is 2. The van der Waals surface area contributed by atoms with E-state index in [1.807, 2.05) is 66.7 Å². The van der Waals surface area contributed by atoms with Crippen molar-refractivity contribution in [3.63, 3.8) is 0 Å².